The molecule has 0 fully saturated rings. The summed E-state index contributed by atoms with van der Waals surface area (Å²) in [7, 11) is 0. The lowest BCUT2D eigenvalue weighted by Crippen LogP contribution is -2.32. The van der Waals surface area contributed by atoms with Gasteiger partial charge in [-0.15, -0.1) is 0 Å². The minimum atomic E-state index is -0.496. The Balaban J connectivity index is 1.97. The van der Waals surface area contributed by atoms with Crippen LogP contribution in [0.2, 0.25) is 0 Å². The van der Waals surface area contributed by atoms with Gasteiger partial charge < -0.3 is 15.4 Å². The predicted octanol–water partition coefficient (Wildman–Crippen LogP) is 4.16. The monoisotopic (exact) mass is 313 g/mol. The van der Waals surface area contributed by atoms with Gasteiger partial charge in [-0.1, -0.05) is 18.2 Å². The van der Waals surface area contributed by atoms with E-state index in [4.69, 9.17) is 4.74 Å². The molecule has 0 bridgehead atoms. The maximum absolute atomic E-state index is 11.7. The van der Waals surface area contributed by atoms with E-state index in [-0.39, 0.29) is 0 Å². The molecular weight excluding hydrogens is 290 g/mol. The van der Waals surface area contributed by atoms with Crippen molar-refractivity contribution in [3.8, 4) is 0 Å². The van der Waals surface area contributed by atoms with E-state index in [2.05, 4.69) is 15.6 Å². The quantitative estimate of drug-likeness (QED) is 0.889. The van der Waals surface area contributed by atoms with Crippen LogP contribution in [0.4, 0.5) is 16.3 Å². The highest BCUT2D eigenvalue weighted by Crippen LogP contribution is 2.18. The van der Waals surface area contributed by atoms with Crippen LogP contribution in [0, 0.1) is 6.92 Å². The van der Waals surface area contributed by atoms with Gasteiger partial charge in [-0.05, 0) is 57.0 Å². The van der Waals surface area contributed by atoms with Gasteiger partial charge in [-0.25, -0.2) is 9.78 Å². The van der Waals surface area contributed by atoms with Crippen molar-refractivity contribution in [1.29, 1.82) is 0 Å². The van der Waals surface area contributed by atoms with Gasteiger partial charge in [-0.3, -0.25) is 0 Å². The number of hydrogen-bond acceptors (Lipinski definition) is 4. The minimum absolute atomic E-state index is 0.408. The molecule has 122 valence electrons. The summed E-state index contributed by atoms with van der Waals surface area (Å²) in [6.45, 7) is 7.93. The number of benzene rings is 1. The van der Waals surface area contributed by atoms with Crippen molar-refractivity contribution >= 4 is 17.6 Å². The summed E-state index contributed by atoms with van der Waals surface area (Å²) >= 11 is 0. The fourth-order valence-electron chi connectivity index (χ4n) is 2.00. The van der Waals surface area contributed by atoms with Crippen LogP contribution in [-0.2, 0) is 11.3 Å². The molecule has 0 aliphatic carbocycles. The van der Waals surface area contributed by atoms with Crippen molar-refractivity contribution in [3.05, 3.63) is 53.7 Å². The lowest BCUT2D eigenvalue weighted by molar-refractivity contribution is 0.0523. The number of nitrogens with one attached hydrogen (secondary N) is 2. The molecule has 1 heterocycles. The Bertz CT molecular complexity index is 678. The zero-order chi connectivity index (χ0) is 16.9. The summed E-state index contributed by atoms with van der Waals surface area (Å²) < 4.78 is 5.23. The molecule has 0 aliphatic rings. The zero-order valence-electron chi connectivity index (χ0n) is 14.0. The largest absolute Gasteiger partial charge is 0.444 e. The van der Waals surface area contributed by atoms with E-state index in [1.54, 1.807) is 6.20 Å². The molecule has 0 atom stereocenters. The molecule has 0 saturated carbocycles. The van der Waals surface area contributed by atoms with Crippen molar-refractivity contribution in [3.63, 3.8) is 0 Å². The van der Waals surface area contributed by atoms with Crippen molar-refractivity contribution in [1.82, 2.24) is 10.3 Å². The van der Waals surface area contributed by atoms with Gasteiger partial charge in [0.15, 0.2) is 0 Å². The van der Waals surface area contributed by atoms with Crippen molar-refractivity contribution in [2.45, 2.75) is 39.8 Å². The highest BCUT2D eigenvalue weighted by atomic mass is 16.6. The molecule has 1 aromatic carbocycles. The zero-order valence-corrected chi connectivity index (χ0v) is 14.0. The average molecular weight is 313 g/mol. The summed E-state index contributed by atoms with van der Waals surface area (Å²) in [6.07, 6.45) is 1.33. The van der Waals surface area contributed by atoms with Gasteiger partial charge in [-0.2, -0.15) is 0 Å². The Morgan fingerprint density at radius 3 is 2.70 bits per heavy atom. The first-order valence-corrected chi connectivity index (χ1v) is 7.58. The van der Waals surface area contributed by atoms with Crippen molar-refractivity contribution in [2.75, 3.05) is 5.32 Å². The lowest BCUT2D eigenvalue weighted by Gasteiger charge is -2.19. The number of ether oxygens (including phenoxy) is 1. The summed E-state index contributed by atoms with van der Waals surface area (Å²) in [5.74, 6) is 0.824. The molecule has 1 amide bonds. The van der Waals surface area contributed by atoms with E-state index in [1.165, 1.54) is 0 Å². The molecule has 0 saturated heterocycles. The second kappa shape index (κ2) is 7.13. The number of rotatable bonds is 4. The molecule has 0 radical (unpaired) electrons. The van der Waals surface area contributed by atoms with Crippen LogP contribution in [0.3, 0.4) is 0 Å². The van der Waals surface area contributed by atoms with E-state index in [0.29, 0.717) is 6.54 Å². The molecule has 2 rings (SSSR count). The van der Waals surface area contributed by atoms with Gasteiger partial charge in [0.2, 0.25) is 0 Å². The van der Waals surface area contributed by atoms with E-state index < -0.39 is 11.7 Å². The fourth-order valence-corrected chi connectivity index (χ4v) is 2.00. The third kappa shape index (κ3) is 5.62. The Hall–Kier alpha value is -2.56. The first kappa shape index (κ1) is 16.8. The Morgan fingerprint density at radius 1 is 1.22 bits per heavy atom. The molecule has 23 heavy (non-hydrogen) atoms. The van der Waals surface area contributed by atoms with Gasteiger partial charge in [0.1, 0.15) is 11.4 Å². The molecular formula is C18H23N3O2. The van der Waals surface area contributed by atoms with E-state index in [9.17, 15) is 4.79 Å². The summed E-state index contributed by atoms with van der Waals surface area (Å²) in [5, 5.41) is 6.04. The SMILES string of the molecule is Cc1cccnc1Nc1cccc(CNC(=O)OC(C)(C)C)c1. The van der Waals surface area contributed by atoms with Crippen LogP contribution >= 0.6 is 0 Å². The van der Waals surface area contributed by atoms with E-state index in [0.717, 1.165) is 22.6 Å². The van der Waals surface area contributed by atoms with Crippen LogP contribution in [0.15, 0.2) is 42.6 Å². The Morgan fingerprint density at radius 2 is 2.00 bits per heavy atom. The Kier molecular flexibility index (Phi) is 5.21. The van der Waals surface area contributed by atoms with Crippen LogP contribution in [0.25, 0.3) is 0 Å². The standard InChI is InChI=1S/C18H23N3O2/c1-13-7-6-10-19-16(13)21-15-9-5-8-14(11-15)12-20-17(22)23-18(2,3)4/h5-11H,12H2,1-4H3,(H,19,21)(H,20,22). The number of anilines is 2. The predicted molar refractivity (Wildman–Crippen MR) is 91.8 cm³/mol. The summed E-state index contributed by atoms with van der Waals surface area (Å²) in [6, 6.07) is 11.7. The highest BCUT2D eigenvalue weighted by Gasteiger charge is 2.15. The average Bonchev–Trinajstić information content (AvgIpc) is 2.46. The number of amides is 1. The molecule has 5 nitrogen and oxygen atoms in total. The molecule has 0 aliphatic heterocycles. The van der Waals surface area contributed by atoms with Crippen LogP contribution < -0.4 is 10.6 Å². The smallest absolute Gasteiger partial charge is 0.407 e. The topological polar surface area (TPSA) is 63.2 Å². The molecule has 1 aromatic heterocycles. The van der Waals surface area contributed by atoms with Crippen LogP contribution in [0.1, 0.15) is 31.9 Å². The molecule has 2 aromatic rings. The first-order chi connectivity index (χ1) is 10.8. The number of alkyl carbamates (subject to hydrolysis) is 1. The van der Waals surface area contributed by atoms with Crippen molar-refractivity contribution in [2.24, 2.45) is 0 Å². The second-order valence-electron chi connectivity index (χ2n) is 6.35. The lowest BCUT2D eigenvalue weighted by atomic mass is 10.2. The third-order valence-electron chi connectivity index (χ3n) is 3.03. The van der Waals surface area contributed by atoms with Gasteiger partial charge in [0.25, 0.3) is 0 Å². The van der Waals surface area contributed by atoms with Gasteiger partial charge in [0, 0.05) is 18.4 Å². The van der Waals surface area contributed by atoms with Gasteiger partial charge in [0.05, 0.1) is 0 Å². The third-order valence-corrected chi connectivity index (χ3v) is 3.03. The van der Waals surface area contributed by atoms with Crippen LogP contribution in [0.5, 0.6) is 0 Å². The minimum Gasteiger partial charge on any atom is -0.444 e. The maximum atomic E-state index is 11.7. The normalized spacial score (nSPS) is 11.0. The number of hydrogen-bond donors (Lipinski definition) is 2. The highest BCUT2D eigenvalue weighted by molar-refractivity contribution is 5.68. The molecule has 0 unspecified atom stereocenters. The van der Waals surface area contributed by atoms with Crippen molar-refractivity contribution < 1.29 is 9.53 Å². The van der Waals surface area contributed by atoms with Gasteiger partial charge >= 0.3 is 6.09 Å². The second-order valence-corrected chi connectivity index (χ2v) is 6.35. The first-order valence-electron chi connectivity index (χ1n) is 7.58. The maximum Gasteiger partial charge on any atom is 0.407 e. The molecule has 0 spiro atoms. The number of pyridine rings is 1. The van der Waals surface area contributed by atoms with E-state index in [1.807, 2.05) is 64.1 Å². The van der Waals surface area contributed by atoms with Crippen LogP contribution in [-0.4, -0.2) is 16.7 Å². The summed E-state index contributed by atoms with van der Waals surface area (Å²) in [5.41, 5.74) is 2.48. The number of carbonyl (C=O) groups excluding carboxylic acids is 1. The molecule has 2 N–H and O–H groups in total. The number of aryl methyl sites for hydroxylation is 1. The van der Waals surface area contributed by atoms with E-state index >= 15 is 0 Å². The number of nitrogens with zero attached hydrogens (tertiary/aromatic N) is 1. The fraction of sp³-hybridized carbons (Fsp3) is 0.333. The number of carbonyl (C=O) groups is 1. The Labute approximate surface area is 137 Å². The summed E-state index contributed by atoms with van der Waals surface area (Å²) in [4.78, 5) is 16.0. The molecule has 5 heteroatoms. The number of aromatic nitrogens is 1.